The minimum absolute atomic E-state index is 0.122. The second-order valence-electron chi connectivity index (χ2n) is 5.85. The Morgan fingerprint density at radius 2 is 1.65 bits per heavy atom. The van der Waals surface area contributed by atoms with Crippen LogP contribution < -0.4 is 10.2 Å². The van der Waals surface area contributed by atoms with Gasteiger partial charge in [0.05, 0.1) is 18.3 Å². The fourth-order valence-electron chi connectivity index (χ4n) is 2.14. The fraction of sp³-hybridized carbons (Fsp3) is 0.571. The molecule has 1 saturated heterocycles. The van der Waals surface area contributed by atoms with Crippen molar-refractivity contribution in [3.63, 3.8) is 0 Å². The molecule has 0 atom stereocenters. The van der Waals surface area contributed by atoms with Crippen LogP contribution in [0.25, 0.3) is 0 Å². The third kappa shape index (κ3) is 2.42. The van der Waals surface area contributed by atoms with Gasteiger partial charge in [-0.2, -0.15) is 0 Å². The fourth-order valence-corrected chi connectivity index (χ4v) is 2.14. The van der Waals surface area contributed by atoms with Gasteiger partial charge >= 0.3 is 7.12 Å². The van der Waals surface area contributed by atoms with E-state index in [4.69, 9.17) is 14.0 Å². The summed E-state index contributed by atoms with van der Waals surface area (Å²) < 4.78 is 43.3. The van der Waals surface area contributed by atoms with Gasteiger partial charge in [0.2, 0.25) is 0 Å². The van der Waals surface area contributed by atoms with E-state index < -0.39 is 24.7 Å². The van der Waals surface area contributed by atoms with Crippen molar-refractivity contribution in [1.82, 2.24) is 0 Å². The van der Waals surface area contributed by atoms with E-state index in [1.165, 1.54) is 19.2 Å². The summed E-state index contributed by atoms with van der Waals surface area (Å²) in [6.07, 6.45) is -2.61. The lowest BCUT2D eigenvalue weighted by Crippen LogP contribution is -2.41. The van der Waals surface area contributed by atoms with Crippen LogP contribution in [0.2, 0.25) is 0 Å². The zero-order chi connectivity index (χ0) is 15.1. The molecular formula is C14H19BF2O3. The molecule has 2 rings (SSSR count). The van der Waals surface area contributed by atoms with Crippen LogP contribution in [-0.2, 0) is 9.31 Å². The van der Waals surface area contributed by atoms with Crippen LogP contribution in [0.5, 0.6) is 5.75 Å². The van der Waals surface area contributed by atoms with Crippen molar-refractivity contribution in [3.05, 3.63) is 23.8 Å². The summed E-state index contributed by atoms with van der Waals surface area (Å²) in [5, 5.41) is 0. The van der Waals surface area contributed by atoms with Gasteiger partial charge in [0.15, 0.2) is 0 Å². The molecule has 0 aliphatic carbocycles. The van der Waals surface area contributed by atoms with Gasteiger partial charge in [0.25, 0.3) is 6.43 Å². The number of rotatable bonds is 3. The monoisotopic (exact) mass is 284 g/mol. The van der Waals surface area contributed by atoms with Crippen LogP contribution in [-0.4, -0.2) is 25.4 Å². The van der Waals surface area contributed by atoms with Gasteiger partial charge in [-0.05, 0) is 33.8 Å². The number of halogens is 2. The molecule has 0 bridgehead atoms. The van der Waals surface area contributed by atoms with E-state index in [0.717, 1.165) is 0 Å². The predicted octanol–water partition coefficient (Wildman–Crippen LogP) is 2.93. The Bertz CT molecular complexity index is 487. The van der Waals surface area contributed by atoms with Crippen LogP contribution in [0.15, 0.2) is 18.2 Å². The Balaban J connectivity index is 2.48. The predicted molar refractivity (Wildman–Crippen MR) is 73.7 cm³/mol. The Labute approximate surface area is 118 Å². The summed E-state index contributed by atoms with van der Waals surface area (Å²) in [7, 11) is 0.583. The molecule has 1 aliphatic rings. The van der Waals surface area contributed by atoms with Gasteiger partial charge in [0.1, 0.15) is 5.75 Å². The highest BCUT2D eigenvalue weighted by Gasteiger charge is 2.53. The average Bonchev–Trinajstić information content (AvgIpc) is 2.57. The van der Waals surface area contributed by atoms with E-state index in [1.807, 2.05) is 27.7 Å². The maximum absolute atomic E-state index is 13.2. The van der Waals surface area contributed by atoms with Crippen LogP contribution in [0.4, 0.5) is 8.78 Å². The highest BCUT2D eigenvalue weighted by molar-refractivity contribution is 6.63. The Morgan fingerprint density at radius 3 is 2.10 bits per heavy atom. The van der Waals surface area contributed by atoms with Crippen LogP contribution >= 0.6 is 0 Å². The smallest absolute Gasteiger partial charge is 0.497 e. The molecular weight excluding hydrogens is 265 g/mol. The molecule has 1 aliphatic heterocycles. The van der Waals surface area contributed by atoms with Gasteiger partial charge in [0, 0.05) is 11.0 Å². The standard InChI is InChI=1S/C14H19BF2O3/c1-13(2)14(3,4)20-15(19-13)11-9(12(16)17)7-6-8-10(11)18-5/h6-8,12H,1-5H3. The van der Waals surface area contributed by atoms with Crippen LogP contribution in [0, 0.1) is 0 Å². The molecule has 0 amide bonds. The highest BCUT2D eigenvalue weighted by atomic mass is 19.3. The molecule has 20 heavy (non-hydrogen) atoms. The van der Waals surface area contributed by atoms with Gasteiger partial charge in [-0.1, -0.05) is 12.1 Å². The van der Waals surface area contributed by atoms with Gasteiger partial charge in [-0.3, -0.25) is 0 Å². The minimum Gasteiger partial charge on any atom is -0.497 e. The third-order valence-corrected chi connectivity index (χ3v) is 4.04. The van der Waals surface area contributed by atoms with Crippen molar-refractivity contribution in [2.24, 2.45) is 0 Å². The molecule has 1 aromatic carbocycles. The van der Waals surface area contributed by atoms with E-state index >= 15 is 0 Å². The lowest BCUT2D eigenvalue weighted by molar-refractivity contribution is 0.00578. The number of hydrogen-bond acceptors (Lipinski definition) is 3. The first kappa shape index (κ1) is 15.3. The summed E-state index contributed by atoms with van der Waals surface area (Å²) in [4.78, 5) is 0. The lowest BCUT2D eigenvalue weighted by atomic mass is 9.75. The Hall–Kier alpha value is -1.14. The molecule has 0 radical (unpaired) electrons. The maximum Gasteiger partial charge on any atom is 0.499 e. The SMILES string of the molecule is COc1cccc(C(F)F)c1B1OC(C)(C)C(C)(C)O1. The van der Waals surface area contributed by atoms with Gasteiger partial charge in [-0.25, -0.2) is 8.78 Å². The molecule has 1 heterocycles. The van der Waals surface area contributed by atoms with Crippen molar-refractivity contribution in [2.45, 2.75) is 45.3 Å². The molecule has 0 unspecified atom stereocenters. The minimum atomic E-state index is -2.61. The second-order valence-corrected chi connectivity index (χ2v) is 5.85. The molecule has 0 saturated carbocycles. The summed E-state index contributed by atoms with van der Waals surface area (Å²) in [5.41, 5.74) is -1.03. The van der Waals surface area contributed by atoms with Crippen LogP contribution in [0.3, 0.4) is 0 Å². The summed E-state index contributed by atoms with van der Waals surface area (Å²) >= 11 is 0. The molecule has 0 N–H and O–H groups in total. The topological polar surface area (TPSA) is 27.7 Å². The van der Waals surface area contributed by atoms with Crippen molar-refractivity contribution in [2.75, 3.05) is 7.11 Å². The summed E-state index contributed by atoms with van der Waals surface area (Å²) in [6.45, 7) is 7.52. The Morgan fingerprint density at radius 1 is 1.10 bits per heavy atom. The highest BCUT2D eigenvalue weighted by Crippen LogP contribution is 2.38. The third-order valence-electron chi connectivity index (χ3n) is 4.04. The normalized spacial score (nSPS) is 20.5. The van der Waals surface area contributed by atoms with Crippen LogP contribution in [0.1, 0.15) is 39.7 Å². The quantitative estimate of drug-likeness (QED) is 0.799. The molecule has 1 fully saturated rings. The molecule has 6 heteroatoms. The maximum atomic E-state index is 13.2. The van der Waals surface area contributed by atoms with Gasteiger partial charge in [-0.15, -0.1) is 0 Å². The van der Waals surface area contributed by atoms with E-state index in [2.05, 4.69) is 0 Å². The zero-order valence-electron chi connectivity index (χ0n) is 12.4. The molecule has 0 spiro atoms. The van der Waals surface area contributed by atoms with E-state index in [-0.39, 0.29) is 11.0 Å². The first-order valence-electron chi connectivity index (χ1n) is 6.50. The zero-order valence-corrected chi connectivity index (χ0v) is 12.4. The van der Waals surface area contributed by atoms with E-state index in [0.29, 0.717) is 5.75 Å². The second kappa shape index (κ2) is 5.00. The number of alkyl halides is 2. The lowest BCUT2D eigenvalue weighted by Gasteiger charge is -2.32. The first-order valence-corrected chi connectivity index (χ1v) is 6.50. The number of hydrogen-bond donors (Lipinski definition) is 0. The van der Waals surface area contributed by atoms with Crippen molar-refractivity contribution >= 4 is 12.6 Å². The Kier molecular flexibility index (Phi) is 3.82. The van der Waals surface area contributed by atoms with Gasteiger partial charge < -0.3 is 14.0 Å². The van der Waals surface area contributed by atoms with Crippen molar-refractivity contribution in [1.29, 1.82) is 0 Å². The largest absolute Gasteiger partial charge is 0.499 e. The first-order chi connectivity index (χ1) is 9.19. The van der Waals surface area contributed by atoms with Crippen molar-refractivity contribution < 1.29 is 22.8 Å². The molecule has 3 nitrogen and oxygen atoms in total. The van der Waals surface area contributed by atoms with E-state index in [1.54, 1.807) is 6.07 Å². The summed E-state index contributed by atoms with van der Waals surface area (Å²) in [6, 6.07) is 4.54. The molecule has 110 valence electrons. The number of methoxy groups -OCH3 is 1. The van der Waals surface area contributed by atoms with E-state index in [9.17, 15) is 8.78 Å². The number of benzene rings is 1. The average molecular weight is 284 g/mol. The molecule has 0 aromatic heterocycles. The number of ether oxygens (including phenoxy) is 1. The summed E-state index contributed by atoms with van der Waals surface area (Å²) in [5.74, 6) is 0.348. The molecule has 1 aromatic rings. The van der Waals surface area contributed by atoms with Crippen molar-refractivity contribution in [3.8, 4) is 5.75 Å².